The van der Waals surface area contributed by atoms with Crippen molar-refractivity contribution in [3.05, 3.63) is 53.3 Å². The van der Waals surface area contributed by atoms with Crippen LogP contribution in [-0.2, 0) is 19.3 Å². The molecule has 0 spiro atoms. The fourth-order valence-electron chi connectivity index (χ4n) is 5.26. The normalized spacial score (nSPS) is 28.0. The van der Waals surface area contributed by atoms with Gasteiger partial charge in [-0.3, -0.25) is 0 Å². The van der Waals surface area contributed by atoms with Crippen LogP contribution in [0.5, 0.6) is 0 Å². The van der Waals surface area contributed by atoms with Crippen molar-refractivity contribution in [1.29, 1.82) is 0 Å². The van der Waals surface area contributed by atoms with Crippen LogP contribution in [0.2, 0.25) is 0 Å². The molecule has 0 saturated carbocycles. The Hall–Kier alpha value is -2.54. The molecule has 1 unspecified atom stereocenters. The van der Waals surface area contributed by atoms with E-state index in [0.717, 1.165) is 23.9 Å². The van der Waals surface area contributed by atoms with Crippen molar-refractivity contribution < 1.29 is 50.9 Å². The zero-order chi connectivity index (χ0) is 30.4. The van der Waals surface area contributed by atoms with Crippen molar-refractivity contribution in [3.8, 4) is 11.3 Å². The van der Waals surface area contributed by atoms with E-state index in [4.69, 9.17) is 14.0 Å². The summed E-state index contributed by atoms with van der Waals surface area (Å²) in [7, 11) is -1.98. The highest BCUT2D eigenvalue weighted by Crippen LogP contribution is 2.50. The molecule has 1 aromatic carbocycles. The van der Waals surface area contributed by atoms with E-state index < -0.39 is 74.5 Å². The zero-order valence-electron chi connectivity index (χ0n) is 22.4. The molecule has 0 bridgehead atoms. The first-order chi connectivity index (χ1) is 19.9. The van der Waals surface area contributed by atoms with Gasteiger partial charge >= 0.3 is 0 Å². The van der Waals surface area contributed by atoms with E-state index in [-0.39, 0.29) is 35.6 Å². The number of aliphatic hydroxyl groups is 3. The van der Waals surface area contributed by atoms with E-state index >= 15 is 0 Å². The maximum Gasteiger partial charge on any atom is 0.194 e. The molecule has 4 heterocycles. The first-order valence-corrected chi connectivity index (χ1v) is 15.7. The zero-order valence-corrected chi connectivity index (χ0v) is 24.1. The third-order valence-corrected chi connectivity index (χ3v) is 10.9. The quantitative estimate of drug-likeness (QED) is 0.307. The van der Waals surface area contributed by atoms with Gasteiger partial charge in [0.15, 0.2) is 27.3 Å². The largest absolute Gasteiger partial charge is 0.394 e. The Morgan fingerprint density at radius 1 is 1.24 bits per heavy atom. The number of hydrogen-bond acceptors (Lipinski definition) is 12. The molecule has 0 amide bonds. The molecule has 12 nitrogen and oxygen atoms in total. The summed E-state index contributed by atoms with van der Waals surface area (Å²) in [5.41, 5.74) is -1.68. The van der Waals surface area contributed by atoms with Crippen LogP contribution >= 0.6 is 11.8 Å². The third kappa shape index (κ3) is 5.82. The van der Waals surface area contributed by atoms with E-state index in [1.54, 1.807) is 6.92 Å². The number of hydrogen-bond donors (Lipinski definition) is 3. The van der Waals surface area contributed by atoms with Crippen LogP contribution in [0.3, 0.4) is 0 Å². The molecule has 2 aromatic heterocycles. The Bertz CT molecular complexity index is 1500. The second-order valence-corrected chi connectivity index (χ2v) is 13.9. The van der Waals surface area contributed by atoms with Crippen molar-refractivity contribution in [1.82, 2.24) is 20.2 Å². The van der Waals surface area contributed by atoms with Gasteiger partial charge in [0.05, 0.1) is 35.2 Å². The summed E-state index contributed by atoms with van der Waals surface area (Å²) < 4.78 is 83.6. The molecule has 0 aliphatic carbocycles. The lowest BCUT2D eigenvalue weighted by Crippen LogP contribution is -2.56. The highest BCUT2D eigenvalue weighted by atomic mass is 32.2. The minimum atomic E-state index is -3.33. The van der Waals surface area contributed by atoms with Gasteiger partial charge < -0.3 is 29.3 Å². The lowest BCUT2D eigenvalue weighted by molar-refractivity contribution is -0.186. The van der Waals surface area contributed by atoms with Crippen LogP contribution in [0.25, 0.3) is 11.3 Å². The van der Waals surface area contributed by atoms with Crippen molar-refractivity contribution >= 4 is 21.6 Å². The lowest BCUT2D eigenvalue weighted by Gasteiger charge is -2.46. The van der Waals surface area contributed by atoms with Crippen LogP contribution in [0.1, 0.15) is 35.4 Å². The highest BCUT2D eigenvalue weighted by Gasteiger charge is 2.52. The number of sulfone groups is 1. The van der Waals surface area contributed by atoms with Gasteiger partial charge in [0, 0.05) is 18.2 Å². The van der Waals surface area contributed by atoms with E-state index in [0.29, 0.717) is 11.3 Å². The van der Waals surface area contributed by atoms with Crippen LogP contribution in [0.15, 0.2) is 29.1 Å². The standard InChI is InChI=1S/C25H29F3N4O8S2/c1-12-11-39-30-19(12)23(25(35)3-5-42(36,37)6-4-25)41-24-22(38-2)20(21(34)17(10-33)40-24)32-9-16(29-31-32)13-7-14(26)18(28)15(27)8-13/h7-9,11,17,20-24,33-35H,3-6,10H2,1-2H3/t17-,20+,21+,22-,23?,24+/m1/s1. The fraction of sp³-hybridized carbons (Fsp3) is 0.560. The first-order valence-electron chi connectivity index (χ1n) is 12.9. The molecule has 3 N–H and O–H groups in total. The predicted octanol–water partition coefficient (Wildman–Crippen LogP) is 1.71. The van der Waals surface area contributed by atoms with Crippen molar-refractivity contribution in [2.75, 3.05) is 25.2 Å². The Morgan fingerprint density at radius 2 is 1.90 bits per heavy atom. The second-order valence-electron chi connectivity index (χ2n) is 10.4. The van der Waals surface area contributed by atoms with Crippen molar-refractivity contribution in [2.45, 2.75) is 60.4 Å². The molecule has 2 saturated heterocycles. The van der Waals surface area contributed by atoms with Gasteiger partial charge in [-0.15, -0.1) is 16.9 Å². The van der Waals surface area contributed by atoms with Crippen LogP contribution in [-0.4, -0.2) is 98.5 Å². The topological polar surface area (TPSA) is 170 Å². The Morgan fingerprint density at radius 3 is 2.48 bits per heavy atom. The van der Waals surface area contributed by atoms with Crippen molar-refractivity contribution in [3.63, 3.8) is 0 Å². The van der Waals surface area contributed by atoms with Gasteiger partial charge in [0.2, 0.25) is 0 Å². The van der Waals surface area contributed by atoms with Gasteiger partial charge in [-0.1, -0.05) is 10.4 Å². The SMILES string of the molecule is CO[C@@H]1[C@@H](n2cc(-c3cc(F)c(F)c(F)c3)nn2)[C@@H](O)[C@@H](CO)O[C@H]1SC(c1nocc1C)C1(O)CCS(=O)(=O)CC1. The molecule has 5 rings (SSSR count). The second kappa shape index (κ2) is 11.9. The number of thioether (sulfide) groups is 1. The summed E-state index contributed by atoms with van der Waals surface area (Å²) in [5, 5.41) is 44.1. The minimum Gasteiger partial charge on any atom is -0.394 e. The van der Waals surface area contributed by atoms with Gasteiger partial charge in [0.25, 0.3) is 0 Å². The summed E-state index contributed by atoms with van der Waals surface area (Å²) in [4.78, 5) is 0. The number of ether oxygens (including phenoxy) is 2. The summed E-state index contributed by atoms with van der Waals surface area (Å²) in [5.74, 6) is -4.93. The Kier molecular flexibility index (Phi) is 8.73. The summed E-state index contributed by atoms with van der Waals surface area (Å²) in [6, 6.07) is 0.452. The van der Waals surface area contributed by atoms with Gasteiger partial charge in [-0.05, 0) is 31.9 Å². The monoisotopic (exact) mass is 634 g/mol. The van der Waals surface area contributed by atoms with E-state index in [9.17, 15) is 36.9 Å². The molecule has 6 atom stereocenters. The molecule has 2 fully saturated rings. The first kappa shape index (κ1) is 30.9. The molecule has 3 aromatic rings. The number of halogens is 3. The number of rotatable bonds is 8. The third-order valence-electron chi connectivity index (χ3n) is 7.68. The minimum absolute atomic E-state index is 0.0279. The Labute approximate surface area is 242 Å². The van der Waals surface area contributed by atoms with Crippen LogP contribution in [0, 0.1) is 24.4 Å². The molecular weight excluding hydrogens is 605 g/mol. The summed E-state index contributed by atoms with van der Waals surface area (Å²) in [6.45, 7) is 1.11. The smallest absolute Gasteiger partial charge is 0.194 e. The lowest BCUT2D eigenvalue weighted by atomic mass is 9.89. The molecule has 42 heavy (non-hydrogen) atoms. The summed E-state index contributed by atoms with van der Waals surface area (Å²) in [6.07, 6.45) is -1.03. The summed E-state index contributed by atoms with van der Waals surface area (Å²) >= 11 is 1.06. The maximum absolute atomic E-state index is 13.9. The van der Waals surface area contributed by atoms with Gasteiger partial charge in [-0.25, -0.2) is 26.3 Å². The van der Waals surface area contributed by atoms with E-state index in [2.05, 4.69) is 15.5 Å². The molecular formula is C25H29F3N4O8S2. The highest BCUT2D eigenvalue weighted by molar-refractivity contribution is 8.00. The van der Waals surface area contributed by atoms with E-state index in [1.807, 2.05) is 0 Å². The number of aliphatic hydroxyl groups excluding tert-OH is 2. The predicted molar refractivity (Wildman–Crippen MR) is 141 cm³/mol. The van der Waals surface area contributed by atoms with Gasteiger partial charge in [-0.2, -0.15) is 0 Å². The van der Waals surface area contributed by atoms with E-state index in [1.165, 1.54) is 24.3 Å². The molecule has 2 aliphatic rings. The Balaban J connectivity index is 1.50. The molecule has 230 valence electrons. The number of aryl methyl sites for hydroxylation is 1. The number of benzene rings is 1. The molecule has 0 radical (unpaired) electrons. The average Bonchev–Trinajstić information content (AvgIpc) is 3.61. The van der Waals surface area contributed by atoms with Crippen LogP contribution < -0.4 is 0 Å². The van der Waals surface area contributed by atoms with Crippen molar-refractivity contribution in [2.24, 2.45) is 0 Å². The maximum atomic E-state index is 13.9. The van der Waals surface area contributed by atoms with Crippen LogP contribution in [0.4, 0.5) is 13.2 Å². The number of aromatic nitrogens is 4. The number of methoxy groups -OCH3 is 1. The molecule has 17 heteroatoms. The fourth-order valence-corrected chi connectivity index (χ4v) is 8.55. The average molecular weight is 635 g/mol. The molecule has 2 aliphatic heterocycles. The number of nitrogens with zero attached hydrogens (tertiary/aromatic N) is 4. The van der Waals surface area contributed by atoms with Gasteiger partial charge in [0.1, 0.15) is 47.4 Å².